The van der Waals surface area contributed by atoms with E-state index in [9.17, 15) is 0 Å². The van der Waals surface area contributed by atoms with E-state index in [1.165, 1.54) is 87.9 Å². The molecule has 8 aromatic rings. The predicted octanol–water partition coefficient (Wildman–Crippen LogP) is 11.6. The molecule has 272 valence electrons. The number of benzene rings is 6. The minimum Gasteiger partial charge on any atom is -0.311 e. The lowest BCUT2D eigenvalue weighted by atomic mass is 9.33. The van der Waals surface area contributed by atoms with Gasteiger partial charge in [-0.2, -0.15) is 0 Å². The fourth-order valence-electron chi connectivity index (χ4n) is 9.70. The highest BCUT2D eigenvalue weighted by molar-refractivity contribution is 7.00. The van der Waals surface area contributed by atoms with E-state index in [1.807, 2.05) is 30.7 Å². The van der Waals surface area contributed by atoms with E-state index in [2.05, 4.69) is 166 Å². The molecule has 5 heteroatoms. The number of fused-ring (bicyclic) bond motifs is 4. The van der Waals surface area contributed by atoms with Gasteiger partial charge in [0.05, 0.1) is 5.69 Å². The third-order valence-electron chi connectivity index (χ3n) is 12.3. The van der Waals surface area contributed by atoms with Crippen LogP contribution in [0.2, 0.25) is 0 Å². The molecule has 0 amide bonds. The summed E-state index contributed by atoms with van der Waals surface area (Å²) in [6.45, 7) is 0.0494. The van der Waals surface area contributed by atoms with E-state index in [1.54, 1.807) is 0 Å². The van der Waals surface area contributed by atoms with Crippen LogP contribution in [0.25, 0.3) is 33.5 Å². The van der Waals surface area contributed by atoms with Crippen LogP contribution in [0.15, 0.2) is 182 Å². The second-order valence-electron chi connectivity index (χ2n) is 15.7. The molecule has 1 saturated carbocycles. The second kappa shape index (κ2) is 14.1. The Hall–Kier alpha value is -6.72. The van der Waals surface area contributed by atoms with Crippen molar-refractivity contribution in [1.82, 2.24) is 9.97 Å². The molecule has 0 saturated heterocycles. The maximum atomic E-state index is 4.75. The smallest absolute Gasteiger partial charge is 0.252 e. The molecular weight excluding hydrogens is 691 g/mol. The van der Waals surface area contributed by atoms with Gasteiger partial charge in [-0.3, -0.25) is 9.97 Å². The minimum absolute atomic E-state index is 0.0494. The van der Waals surface area contributed by atoms with Crippen LogP contribution in [0.4, 0.5) is 34.1 Å². The Bertz CT molecular complexity index is 2740. The molecule has 1 fully saturated rings. The Morgan fingerprint density at radius 2 is 1.12 bits per heavy atom. The van der Waals surface area contributed by atoms with Crippen LogP contribution >= 0.6 is 0 Å². The summed E-state index contributed by atoms with van der Waals surface area (Å²) in [5.41, 5.74) is 19.4. The van der Waals surface area contributed by atoms with Crippen molar-refractivity contribution in [2.24, 2.45) is 0 Å². The Morgan fingerprint density at radius 3 is 1.89 bits per heavy atom. The molecule has 2 aliphatic heterocycles. The van der Waals surface area contributed by atoms with Crippen LogP contribution in [0.3, 0.4) is 0 Å². The number of nitrogens with zero attached hydrogens (tertiary/aromatic N) is 4. The molecule has 0 radical (unpaired) electrons. The van der Waals surface area contributed by atoms with Crippen molar-refractivity contribution in [2.75, 3.05) is 9.80 Å². The molecule has 0 bridgehead atoms. The van der Waals surface area contributed by atoms with Gasteiger partial charge >= 0.3 is 0 Å². The number of anilines is 6. The maximum Gasteiger partial charge on any atom is 0.252 e. The lowest BCUT2D eigenvalue weighted by Gasteiger charge is -2.45. The van der Waals surface area contributed by atoms with Gasteiger partial charge in [-0.15, -0.1) is 0 Å². The van der Waals surface area contributed by atoms with E-state index < -0.39 is 0 Å². The van der Waals surface area contributed by atoms with Crippen molar-refractivity contribution in [2.45, 2.75) is 38.0 Å². The first-order valence-electron chi connectivity index (χ1n) is 20.4. The molecule has 2 aromatic heterocycles. The average Bonchev–Trinajstić information content (AvgIpc) is 3.30. The molecular formula is C52H41BN4. The van der Waals surface area contributed by atoms with Gasteiger partial charge in [-0.05, 0) is 124 Å². The standard InChI is InChI=1S/C52H41BN4/c1-3-14-36(15-4-1)38-18-11-21-43(30-38)57-49-32-39(41-20-13-28-54-35-41)26-27-46(49)53-45-23-7-8-25-48(45)56(44-22-12-19-40(31-44)47-24-9-10-29-55-47)50-33-42(34-51(57)52(50)53)37-16-5-2-6-17-37/h1,3-4,7-15,18-35,37H,2,5-6,16-17H2. The fourth-order valence-corrected chi connectivity index (χ4v) is 9.70. The third kappa shape index (κ3) is 5.85. The van der Waals surface area contributed by atoms with Crippen molar-refractivity contribution in [3.05, 3.63) is 188 Å². The van der Waals surface area contributed by atoms with E-state index >= 15 is 0 Å². The molecule has 6 aromatic carbocycles. The second-order valence-corrected chi connectivity index (χ2v) is 15.7. The van der Waals surface area contributed by atoms with E-state index in [-0.39, 0.29) is 6.71 Å². The summed E-state index contributed by atoms with van der Waals surface area (Å²) >= 11 is 0. The van der Waals surface area contributed by atoms with Crippen LogP contribution < -0.4 is 26.2 Å². The molecule has 0 unspecified atom stereocenters. The SMILES string of the molecule is c1ccc(-c2cccc(N3c4cc(-c5cccnc5)ccc4B4c5ccccc5N(c5cccc(-c6ccccn6)c5)c5cc(C6CCCCC6)cc3c54)c2)cc1. The summed E-state index contributed by atoms with van der Waals surface area (Å²) in [6.07, 6.45) is 12.0. The summed E-state index contributed by atoms with van der Waals surface area (Å²) < 4.78 is 0. The predicted molar refractivity (Wildman–Crippen MR) is 238 cm³/mol. The molecule has 0 spiro atoms. The van der Waals surface area contributed by atoms with Crippen molar-refractivity contribution in [3.63, 3.8) is 0 Å². The summed E-state index contributed by atoms with van der Waals surface area (Å²) in [6, 6.07) is 60.4. The molecule has 4 heterocycles. The van der Waals surface area contributed by atoms with Crippen molar-refractivity contribution in [3.8, 4) is 33.5 Å². The maximum absolute atomic E-state index is 4.75. The normalized spacial score (nSPS) is 14.5. The Kier molecular flexibility index (Phi) is 8.31. The number of para-hydroxylation sites is 1. The van der Waals surface area contributed by atoms with Crippen LogP contribution in [-0.2, 0) is 0 Å². The Morgan fingerprint density at radius 1 is 0.456 bits per heavy atom. The Labute approximate surface area is 335 Å². The molecule has 57 heavy (non-hydrogen) atoms. The highest BCUT2D eigenvalue weighted by Gasteiger charge is 2.44. The molecule has 0 atom stereocenters. The first-order valence-corrected chi connectivity index (χ1v) is 20.4. The minimum atomic E-state index is 0.0494. The first kappa shape index (κ1) is 33.6. The van der Waals surface area contributed by atoms with E-state index in [0.717, 1.165) is 33.8 Å². The van der Waals surface area contributed by atoms with Gasteiger partial charge in [0.15, 0.2) is 0 Å². The largest absolute Gasteiger partial charge is 0.311 e. The van der Waals surface area contributed by atoms with Crippen molar-refractivity contribution >= 4 is 57.2 Å². The van der Waals surface area contributed by atoms with Crippen molar-refractivity contribution in [1.29, 1.82) is 0 Å². The molecule has 4 nitrogen and oxygen atoms in total. The Balaban J connectivity index is 1.20. The number of pyridine rings is 2. The molecule has 0 N–H and O–H groups in total. The number of rotatable bonds is 6. The molecule has 1 aliphatic carbocycles. The average molecular weight is 733 g/mol. The summed E-state index contributed by atoms with van der Waals surface area (Å²) in [5.74, 6) is 0.512. The van der Waals surface area contributed by atoms with Crippen LogP contribution in [-0.4, -0.2) is 16.7 Å². The summed E-state index contributed by atoms with van der Waals surface area (Å²) in [7, 11) is 0. The van der Waals surface area contributed by atoms with Gasteiger partial charge in [0.25, 0.3) is 6.71 Å². The highest BCUT2D eigenvalue weighted by Crippen LogP contribution is 2.48. The number of hydrogen-bond acceptors (Lipinski definition) is 4. The lowest BCUT2D eigenvalue weighted by molar-refractivity contribution is 0.444. The van der Waals surface area contributed by atoms with Crippen molar-refractivity contribution < 1.29 is 0 Å². The zero-order chi connectivity index (χ0) is 37.7. The van der Waals surface area contributed by atoms with Gasteiger partial charge in [0.1, 0.15) is 0 Å². The highest BCUT2D eigenvalue weighted by atomic mass is 15.2. The van der Waals surface area contributed by atoms with E-state index in [4.69, 9.17) is 4.98 Å². The zero-order valence-electron chi connectivity index (χ0n) is 31.8. The lowest BCUT2D eigenvalue weighted by Crippen LogP contribution is -2.61. The number of hydrogen-bond donors (Lipinski definition) is 0. The van der Waals surface area contributed by atoms with Gasteiger partial charge in [0, 0.05) is 63.8 Å². The van der Waals surface area contributed by atoms with Gasteiger partial charge in [0.2, 0.25) is 0 Å². The van der Waals surface area contributed by atoms with Gasteiger partial charge in [-0.25, -0.2) is 0 Å². The van der Waals surface area contributed by atoms with Gasteiger partial charge < -0.3 is 9.80 Å². The zero-order valence-corrected chi connectivity index (χ0v) is 31.8. The fraction of sp³-hybridized carbons (Fsp3) is 0.115. The van der Waals surface area contributed by atoms with Crippen LogP contribution in [0.5, 0.6) is 0 Å². The monoisotopic (exact) mass is 732 g/mol. The third-order valence-corrected chi connectivity index (χ3v) is 12.3. The van der Waals surface area contributed by atoms with E-state index in [0.29, 0.717) is 5.92 Å². The van der Waals surface area contributed by atoms with Gasteiger partial charge in [-0.1, -0.05) is 116 Å². The summed E-state index contributed by atoms with van der Waals surface area (Å²) in [4.78, 5) is 14.4. The number of aromatic nitrogens is 2. The topological polar surface area (TPSA) is 32.3 Å². The quantitative estimate of drug-likeness (QED) is 0.159. The summed E-state index contributed by atoms with van der Waals surface area (Å²) in [5, 5.41) is 0. The molecule has 3 aliphatic rings. The van der Waals surface area contributed by atoms with Crippen LogP contribution in [0, 0.1) is 0 Å². The van der Waals surface area contributed by atoms with Crippen LogP contribution in [0.1, 0.15) is 43.6 Å². The first-order chi connectivity index (χ1) is 28.3. The molecule has 11 rings (SSSR count).